The van der Waals surface area contributed by atoms with Gasteiger partial charge in [0.1, 0.15) is 12.4 Å². The minimum atomic E-state index is -0.817. The van der Waals surface area contributed by atoms with Gasteiger partial charge in [-0.05, 0) is 49.1 Å². The topological polar surface area (TPSA) is 106 Å². The first kappa shape index (κ1) is 25.1. The Bertz CT molecular complexity index is 1520. The number of fused-ring (bicyclic) bond motifs is 1. The maximum Gasteiger partial charge on any atom is 0.230 e. The number of carbonyl (C=O) groups excluding carboxylic acids is 2. The van der Waals surface area contributed by atoms with E-state index in [0.717, 1.165) is 33.3 Å². The van der Waals surface area contributed by atoms with Crippen molar-refractivity contribution in [1.29, 1.82) is 0 Å². The van der Waals surface area contributed by atoms with Gasteiger partial charge in [-0.15, -0.1) is 0 Å². The minimum Gasteiger partial charge on any atom is -0.489 e. The summed E-state index contributed by atoms with van der Waals surface area (Å²) in [6.07, 6.45) is 0.941. The molecular formula is C32H31N3O4. The van der Waals surface area contributed by atoms with E-state index in [2.05, 4.69) is 12.1 Å². The third kappa shape index (κ3) is 4.98. The van der Waals surface area contributed by atoms with Gasteiger partial charge in [-0.25, -0.2) is 4.98 Å². The number of rotatable bonds is 8. The Hall–Kier alpha value is -4.23. The summed E-state index contributed by atoms with van der Waals surface area (Å²) in [6.45, 7) is 1.20. The molecule has 2 aliphatic rings. The molecule has 1 saturated heterocycles. The average Bonchev–Trinajstić information content (AvgIpc) is 3.54. The fraction of sp³-hybridized carbons (Fsp3) is 0.281. The van der Waals surface area contributed by atoms with Crippen LogP contribution < -0.4 is 10.5 Å². The van der Waals surface area contributed by atoms with E-state index in [1.807, 2.05) is 72.8 Å². The number of nitrogens with zero attached hydrogens (tertiary/aromatic N) is 2. The van der Waals surface area contributed by atoms with Crippen molar-refractivity contribution < 1.29 is 19.4 Å². The number of β-amino-alcohol motifs (C(OH)–C–C–N with tert-alkyl or cyclic N) is 1. The van der Waals surface area contributed by atoms with Crippen LogP contribution in [0.5, 0.6) is 5.75 Å². The number of primary amides is 1. The number of hydrogen-bond acceptors (Lipinski definition) is 5. The fourth-order valence-corrected chi connectivity index (χ4v) is 5.78. The molecule has 4 aromatic rings. The maximum absolute atomic E-state index is 13.3. The molecule has 2 heterocycles. The van der Waals surface area contributed by atoms with Gasteiger partial charge in [0.15, 0.2) is 0 Å². The molecule has 198 valence electrons. The standard InChI is InChI=1S/C32H31N3O4/c33-30(37)27-18-32(27,31(38)35-15-14-24(36)19-35)17-21-10-12-25(13-11-21)39-20-23-16-29(22-6-2-1-3-7-22)34-28-9-5-4-8-26(23)28/h1-13,16,24,27,36H,14-15,17-20H2,(H2,33,37)/t24-,27-,32+/m1/s1. The summed E-state index contributed by atoms with van der Waals surface area (Å²) in [5.74, 6) is -0.284. The van der Waals surface area contributed by atoms with Crippen molar-refractivity contribution in [2.75, 3.05) is 13.1 Å². The number of likely N-dealkylation sites (tertiary alicyclic amines) is 1. The molecule has 39 heavy (non-hydrogen) atoms. The lowest BCUT2D eigenvalue weighted by Crippen LogP contribution is -2.39. The van der Waals surface area contributed by atoms with Crippen LogP contribution >= 0.6 is 0 Å². The lowest BCUT2D eigenvalue weighted by molar-refractivity contribution is -0.138. The SMILES string of the molecule is NC(=O)[C@H]1C[C@]1(Cc1ccc(OCc2cc(-c3ccccc3)nc3ccccc23)cc1)C(=O)N1CC[C@@H](O)C1. The second kappa shape index (κ2) is 10.2. The second-order valence-electron chi connectivity index (χ2n) is 10.7. The van der Waals surface area contributed by atoms with Gasteiger partial charge in [0.05, 0.1) is 28.6 Å². The van der Waals surface area contributed by atoms with Crippen molar-refractivity contribution in [3.63, 3.8) is 0 Å². The molecule has 3 atom stereocenters. The Balaban J connectivity index is 1.18. The zero-order chi connectivity index (χ0) is 27.0. The Morgan fingerprint density at radius 3 is 2.46 bits per heavy atom. The van der Waals surface area contributed by atoms with E-state index in [4.69, 9.17) is 15.5 Å². The van der Waals surface area contributed by atoms with Crippen LogP contribution in [0.15, 0.2) is 84.9 Å². The molecule has 3 aromatic carbocycles. The van der Waals surface area contributed by atoms with Crippen LogP contribution in [0.2, 0.25) is 0 Å². The molecule has 1 saturated carbocycles. The van der Waals surface area contributed by atoms with Crippen molar-refractivity contribution in [3.05, 3.63) is 96.1 Å². The van der Waals surface area contributed by atoms with Gasteiger partial charge in [-0.1, -0.05) is 60.7 Å². The number of carbonyl (C=O) groups is 2. The Labute approximate surface area is 227 Å². The zero-order valence-electron chi connectivity index (χ0n) is 21.6. The molecule has 1 aliphatic carbocycles. The summed E-state index contributed by atoms with van der Waals surface area (Å²) in [4.78, 5) is 31.9. The van der Waals surface area contributed by atoms with Crippen molar-refractivity contribution in [2.24, 2.45) is 17.1 Å². The van der Waals surface area contributed by atoms with E-state index in [1.165, 1.54) is 0 Å². The van der Waals surface area contributed by atoms with Gasteiger partial charge < -0.3 is 20.5 Å². The van der Waals surface area contributed by atoms with E-state index in [9.17, 15) is 14.7 Å². The number of amides is 2. The van der Waals surface area contributed by atoms with E-state index < -0.39 is 23.3 Å². The Morgan fingerprint density at radius 2 is 1.77 bits per heavy atom. The number of pyridine rings is 1. The number of hydrogen-bond donors (Lipinski definition) is 2. The minimum absolute atomic E-state index is 0.0815. The molecule has 1 aromatic heterocycles. The van der Waals surface area contributed by atoms with Crippen LogP contribution in [0.4, 0.5) is 0 Å². The summed E-state index contributed by atoms with van der Waals surface area (Å²) in [7, 11) is 0. The second-order valence-corrected chi connectivity index (χ2v) is 10.7. The lowest BCUT2D eigenvalue weighted by Gasteiger charge is -2.24. The first-order valence-electron chi connectivity index (χ1n) is 13.4. The zero-order valence-corrected chi connectivity index (χ0v) is 21.6. The highest BCUT2D eigenvalue weighted by Gasteiger charge is 2.63. The summed E-state index contributed by atoms with van der Waals surface area (Å²) in [6, 6.07) is 27.9. The average molecular weight is 522 g/mol. The molecule has 0 radical (unpaired) electrons. The van der Waals surface area contributed by atoms with Crippen LogP contribution in [-0.4, -0.2) is 46.0 Å². The van der Waals surface area contributed by atoms with E-state index in [1.54, 1.807) is 4.90 Å². The quantitative estimate of drug-likeness (QED) is 0.363. The summed E-state index contributed by atoms with van der Waals surface area (Å²) in [5, 5.41) is 10.9. The van der Waals surface area contributed by atoms with Gasteiger partial charge in [0.25, 0.3) is 0 Å². The predicted octanol–water partition coefficient (Wildman–Crippen LogP) is 4.11. The monoisotopic (exact) mass is 521 g/mol. The van der Waals surface area contributed by atoms with Crippen molar-refractivity contribution in [3.8, 4) is 17.0 Å². The number of aliphatic hydroxyl groups is 1. The number of aliphatic hydroxyl groups excluding tert-OH is 1. The number of aromatic nitrogens is 1. The molecule has 0 unspecified atom stereocenters. The third-order valence-electron chi connectivity index (χ3n) is 8.00. The molecule has 0 bridgehead atoms. The molecule has 0 spiro atoms. The van der Waals surface area contributed by atoms with Crippen LogP contribution in [0.3, 0.4) is 0 Å². The van der Waals surface area contributed by atoms with Crippen molar-refractivity contribution >= 4 is 22.7 Å². The third-order valence-corrected chi connectivity index (χ3v) is 8.00. The van der Waals surface area contributed by atoms with Crippen molar-refractivity contribution in [2.45, 2.75) is 32.0 Å². The summed E-state index contributed by atoms with van der Waals surface area (Å²) < 4.78 is 6.19. The molecule has 2 amide bonds. The van der Waals surface area contributed by atoms with Crippen LogP contribution in [-0.2, 0) is 22.6 Å². The summed E-state index contributed by atoms with van der Waals surface area (Å²) in [5.41, 5.74) is 9.65. The molecule has 3 N–H and O–H groups in total. The van der Waals surface area contributed by atoms with Gasteiger partial charge in [-0.2, -0.15) is 0 Å². The van der Waals surface area contributed by atoms with Crippen LogP contribution in [0, 0.1) is 11.3 Å². The van der Waals surface area contributed by atoms with Crippen molar-refractivity contribution in [1.82, 2.24) is 9.88 Å². The van der Waals surface area contributed by atoms with E-state index in [-0.39, 0.29) is 5.91 Å². The fourth-order valence-electron chi connectivity index (χ4n) is 5.78. The highest BCUT2D eigenvalue weighted by molar-refractivity contribution is 5.95. The maximum atomic E-state index is 13.3. The molecule has 7 nitrogen and oxygen atoms in total. The van der Waals surface area contributed by atoms with Gasteiger partial charge in [0.2, 0.25) is 11.8 Å². The van der Waals surface area contributed by atoms with Crippen LogP contribution in [0.25, 0.3) is 22.2 Å². The van der Waals surface area contributed by atoms with Crippen LogP contribution in [0.1, 0.15) is 24.0 Å². The number of nitrogens with two attached hydrogens (primary N) is 1. The summed E-state index contributed by atoms with van der Waals surface area (Å²) >= 11 is 0. The molecule has 1 aliphatic heterocycles. The first-order chi connectivity index (χ1) is 18.9. The van der Waals surface area contributed by atoms with Gasteiger partial charge >= 0.3 is 0 Å². The number of ether oxygens (including phenoxy) is 1. The number of benzene rings is 3. The predicted molar refractivity (Wildman–Crippen MR) is 149 cm³/mol. The Morgan fingerprint density at radius 1 is 1.03 bits per heavy atom. The largest absolute Gasteiger partial charge is 0.489 e. The highest BCUT2D eigenvalue weighted by atomic mass is 16.5. The molecular weight excluding hydrogens is 490 g/mol. The smallest absolute Gasteiger partial charge is 0.230 e. The molecule has 7 heteroatoms. The van der Waals surface area contributed by atoms with E-state index >= 15 is 0 Å². The first-order valence-corrected chi connectivity index (χ1v) is 13.4. The van der Waals surface area contributed by atoms with Gasteiger partial charge in [-0.3, -0.25) is 9.59 Å². The normalized spacial score (nSPS) is 22.1. The molecule has 6 rings (SSSR count). The van der Waals surface area contributed by atoms with Gasteiger partial charge in [0, 0.05) is 29.6 Å². The van der Waals surface area contributed by atoms with E-state index in [0.29, 0.717) is 44.7 Å². The Kier molecular flexibility index (Phi) is 6.53. The number of para-hydroxylation sites is 1. The molecule has 2 fully saturated rings. The highest BCUT2D eigenvalue weighted by Crippen LogP contribution is 2.56. The lowest BCUT2D eigenvalue weighted by atomic mass is 9.92.